The fourth-order valence-corrected chi connectivity index (χ4v) is 4.27. The Morgan fingerprint density at radius 2 is 1.54 bits per heavy atom. The van der Waals surface area contributed by atoms with Gasteiger partial charge in [0.1, 0.15) is 24.1 Å². The van der Waals surface area contributed by atoms with Crippen LogP contribution in [0.4, 0.5) is 0 Å². The van der Waals surface area contributed by atoms with Gasteiger partial charge in [-0.1, -0.05) is 19.1 Å². The number of phosphoric ester groups is 1. The molecule has 0 saturated heterocycles. The number of ether oxygens (including phenoxy) is 2. The molecule has 0 aliphatic heterocycles. The summed E-state index contributed by atoms with van der Waals surface area (Å²) in [5.74, 6) is 0.453. The van der Waals surface area contributed by atoms with Crippen LogP contribution in [-0.2, 0) is 18.4 Å². The molecule has 2 atom stereocenters. The maximum atomic E-state index is 12.2. The number of likely N-dealkylation sites (N-methyl/N-ethyl adjacent to an activating group) is 1. The molecule has 11 heteroatoms. The highest BCUT2D eigenvalue weighted by atomic mass is 31.2. The van der Waals surface area contributed by atoms with E-state index in [4.69, 9.17) is 23.6 Å². The lowest BCUT2D eigenvalue weighted by Gasteiger charge is -2.29. The SMILES string of the molecule is CCCOc1ccc2ccc(OCCCCOP(=O)(O)O[C@H](CC(=O)O)C[N+](C)(C)C)cc2c1.[OH-]. The van der Waals surface area contributed by atoms with Crippen molar-refractivity contribution < 1.29 is 47.8 Å². The highest BCUT2D eigenvalue weighted by molar-refractivity contribution is 7.47. The molecule has 10 nitrogen and oxygen atoms in total. The number of unbranched alkanes of at least 4 members (excludes halogenated alkanes) is 1. The van der Waals surface area contributed by atoms with Gasteiger partial charge in [0.2, 0.25) is 0 Å². The molecule has 198 valence electrons. The van der Waals surface area contributed by atoms with E-state index >= 15 is 0 Å². The number of fused-ring (bicyclic) bond motifs is 1. The first kappa shape index (κ1) is 30.8. The lowest BCUT2D eigenvalue weighted by atomic mass is 10.1. The molecule has 0 bridgehead atoms. The number of carboxylic acids is 1. The molecule has 0 saturated carbocycles. The van der Waals surface area contributed by atoms with Gasteiger partial charge >= 0.3 is 13.8 Å². The number of quaternary nitrogens is 1. The van der Waals surface area contributed by atoms with Gasteiger partial charge in [-0.2, -0.15) is 0 Å². The minimum absolute atomic E-state index is 0. The summed E-state index contributed by atoms with van der Waals surface area (Å²) in [6.07, 6.45) is 0.722. The normalized spacial score (nSPS) is 14.1. The molecule has 35 heavy (non-hydrogen) atoms. The van der Waals surface area contributed by atoms with Gasteiger partial charge < -0.3 is 29.4 Å². The molecule has 0 aliphatic rings. The molecule has 0 aromatic heterocycles. The fraction of sp³-hybridized carbons (Fsp3) is 0.542. The summed E-state index contributed by atoms with van der Waals surface area (Å²) in [6.45, 7) is 3.41. The van der Waals surface area contributed by atoms with Gasteiger partial charge in [0.05, 0.1) is 47.4 Å². The summed E-state index contributed by atoms with van der Waals surface area (Å²) in [5, 5.41) is 11.1. The molecule has 2 rings (SSSR count). The van der Waals surface area contributed by atoms with E-state index in [1.807, 2.05) is 57.5 Å². The van der Waals surface area contributed by atoms with Crippen molar-refractivity contribution in [2.24, 2.45) is 0 Å². The van der Waals surface area contributed by atoms with E-state index in [-0.39, 0.29) is 25.0 Å². The van der Waals surface area contributed by atoms with E-state index in [2.05, 4.69) is 6.92 Å². The molecule has 2 aromatic rings. The summed E-state index contributed by atoms with van der Waals surface area (Å²) in [5.41, 5.74) is 0. The van der Waals surface area contributed by atoms with Crippen molar-refractivity contribution in [1.29, 1.82) is 0 Å². The van der Waals surface area contributed by atoms with E-state index in [1.54, 1.807) is 0 Å². The lowest BCUT2D eigenvalue weighted by Crippen LogP contribution is -2.42. The lowest BCUT2D eigenvalue weighted by molar-refractivity contribution is -0.873. The van der Waals surface area contributed by atoms with Crippen molar-refractivity contribution in [2.75, 3.05) is 47.5 Å². The minimum atomic E-state index is -4.36. The molecule has 0 radical (unpaired) electrons. The molecule has 0 heterocycles. The fourth-order valence-electron chi connectivity index (χ4n) is 3.34. The molecular formula is C24H38NO9P. The van der Waals surface area contributed by atoms with Gasteiger partial charge in [-0.15, -0.1) is 0 Å². The summed E-state index contributed by atoms with van der Waals surface area (Å²) in [6, 6.07) is 11.8. The molecule has 0 fully saturated rings. The van der Waals surface area contributed by atoms with Crippen molar-refractivity contribution in [2.45, 2.75) is 38.7 Å². The van der Waals surface area contributed by atoms with Crippen molar-refractivity contribution in [3.05, 3.63) is 36.4 Å². The van der Waals surface area contributed by atoms with Gasteiger partial charge in [0, 0.05) is 0 Å². The number of hydrogen-bond acceptors (Lipinski definition) is 7. The van der Waals surface area contributed by atoms with Gasteiger partial charge in [-0.3, -0.25) is 13.8 Å². The van der Waals surface area contributed by atoms with Crippen LogP contribution in [0.1, 0.15) is 32.6 Å². The van der Waals surface area contributed by atoms with Crippen LogP contribution in [0, 0.1) is 0 Å². The first-order valence-corrected chi connectivity index (χ1v) is 12.9. The molecule has 0 spiro atoms. The Morgan fingerprint density at radius 3 is 2.09 bits per heavy atom. The standard InChI is InChI=1S/C24H36NO8P.H2O/c1-5-12-30-21-10-8-19-9-11-22(16-20(19)15-21)31-13-6-7-14-32-34(28,29)33-23(17-24(26)27)18-25(2,3)4;/h8-11,15-16,23H,5-7,12-14,17-18H2,1-4H3,(H-,26,27,28,29);1H2/t23-;/m1./s1. The molecule has 0 aliphatic carbocycles. The molecule has 2 aromatic carbocycles. The highest BCUT2D eigenvalue weighted by Crippen LogP contribution is 2.45. The van der Waals surface area contributed by atoms with Crippen LogP contribution >= 0.6 is 7.82 Å². The maximum absolute atomic E-state index is 12.2. The summed E-state index contributed by atoms with van der Waals surface area (Å²) >= 11 is 0. The topological polar surface area (TPSA) is 142 Å². The van der Waals surface area contributed by atoms with Crippen LogP contribution in [0.25, 0.3) is 10.8 Å². The van der Waals surface area contributed by atoms with Crippen molar-refractivity contribution >= 4 is 24.6 Å². The first-order chi connectivity index (χ1) is 16.0. The van der Waals surface area contributed by atoms with E-state index in [0.717, 1.165) is 28.7 Å². The number of nitrogens with zero attached hydrogens (tertiary/aromatic N) is 1. The second-order valence-corrected chi connectivity index (χ2v) is 10.6. The van der Waals surface area contributed by atoms with Crippen LogP contribution in [0.5, 0.6) is 11.5 Å². The Hall–Kier alpha value is -2.20. The summed E-state index contributed by atoms with van der Waals surface area (Å²) < 4.78 is 34.3. The predicted octanol–water partition coefficient (Wildman–Crippen LogP) is 4.29. The number of hydrogen-bond donors (Lipinski definition) is 2. The van der Waals surface area contributed by atoms with Gasteiger partial charge in [-0.05, 0) is 54.3 Å². The quantitative estimate of drug-likeness (QED) is 0.190. The van der Waals surface area contributed by atoms with E-state index in [1.165, 1.54) is 0 Å². The number of aliphatic carboxylic acids is 1. The van der Waals surface area contributed by atoms with E-state index < -0.39 is 19.9 Å². The first-order valence-electron chi connectivity index (χ1n) is 11.4. The van der Waals surface area contributed by atoms with E-state index in [0.29, 0.717) is 30.5 Å². The summed E-state index contributed by atoms with van der Waals surface area (Å²) in [4.78, 5) is 21.0. The van der Waals surface area contributed by atoms with Gasteiger partial charge in [0.25, 0.3) is 0 Å². The van der Waals surface area contributed by atoms with Crippen molar-refractivity contribution in [1.82, 2.24) is 0 Å². The van der Waals surface area contributed by atoms with Crippen LogP contribution in [0.3, 0.4) is 0 Å². The smallest absolute Gasteiger partial charge is 0.472 e. The van der Waals surface area contributed by atoms with E-state index in [9.17, 15) is 14.3 Å². The average Bonchev–Trinajstić information content (AvgIpc) is 2.72. The van der Waals surface area contributed by atoms with Crippen LogP contribution in [0.2, 0.25) is 0 Å². The largest absolute Gasteiger partial charge is 0.870 e. The van der Waals surface area contributed by atoms with Crippen LogP contribution in [-0.4, -0.2) is 79.5 Å². The predicted molar refractivity (Wildman–Crippen MR) is 132 cm³/mol. The molecule has 1 unspecified atom stereocenters. The summed E-state index contributed by atoms with van der Waals surface area (Å²) in [7, 11) is 1.17. The zero-order valence-electron chi connectivity index (χ0n) is 20.9. The number of benzene rings is 2. The Balaban J connectivity index is 0.00000612. The average molecular weight is 516 g/mol. The van der Waals surface area contributed by atoms with Crippen molar-refractivity contribution in [3.63, 3.8) is 0 Å². The Bertz CT molecular complexity index is 977. The Labute approximate surface area is 206 Å². The number of carboxylic acid groups (broad SMARTS) is 1. The Kier molecular flexibility index (Phi) is 12.7. The second kappa shape index (κ2) is 14.4. The number of rotatable bonds is 16. The number of phosphoric acid groups is 1. The van der Waals surface area contributed by atoms with Crippen LogP contribution in [0.15, 0.2) is 36.4 Å². The highest BCUT2D eigenvalue weighted by Gasteiger charge is 2.31. The molecular weight excluding hydrogens is 477 g/mol. The zero-order valence-corrected chi connectivity index (χ0v) is 21.8. The maximum Gasteiger partial charge on any atom is 0.472 e. The van der Waals surface area contributed by atoms with Gasteiger partial charge in [0.15, 0.2) is 0 Å². The van der Waals surface area contributed by atoms with Crippen LogP contribution < -0.4 is 9.47 Å². The third-order valence-electron chi connectivity index (χ3n) is 4.75. The Morgan fingerprint density at radius 1 is 0.971 bits per heavy atom. The van der Waals surface area contributed by atoms with Gasteiger partial charge in [-0.25, -0.2) is 4.57 Å². The minimum Gasteiger partial charge on any atom is -0.870 e. The zero-order chi connectivity index (χ0) is 25.2. The molecule has 3 N–H and O–H groups in total. The van der Waals surface area contributed by atoms with Crippen molar-refractivity contribution in [3.8, 4) is 11.5 Å². The monoisotopic (exact) mass is 515 g/mol. The second-order valence-electron chi connectivity index (χ2n) is 9.17. The number of carbonyl (C=O) groups is 1. The third-order valence-corrected chi connectivity index (χ3v) is 5.83. The molecule has 0 amide bonds. The third kappa shape index (κ3) is 12.4.